The Hall–Kier alpha value is -2.20. The molecule has 0 aliphatic heterocycles. The number of fused-ring (bicyclic) bond motifs is 2. The van der Waals surface area contributed by atoms with Crippen LogP contribution in [0.2, 0.25) is 0 Å². The van der Waals surface area contributed by atoms with Crippen LogP contribution in [0.4, 0.5) is 0 Å². The van der Waals surface area contributed by atoms with Gasteiger partial charge >= 0.3 is 5.97 Å². The smallest absolute Gasteiger partial charge is 0.338 e. The Bertz CT molecular complexity index is 938. The molecule has 3 nitrogen and oxygen atoms in total. The summed E-state index contributed by atoms with van der Waals surface area (Å²) in [6, 6.07) is 11.0. The number of carbonyl (C=O) groups excluding carboxylic acids is 1. The fourth-order valence-corrected chi connectivity index (χ4v) is 3.47. The van der Waals surface area contributed by atoms with Gasteiger partial charge in [0.2, 0.25) is 0 Å². The van der Waals surface area contributed by atoms with E-state index in [-0.39, 0.29) is 17.5 Å². The standard InChI is InChI=1S/C18H16O3S/c1-10(2)21-18(20)12-5-6-13-16(9-12)22-15-7-4-11(3)8-14(15)17(13)19/h4-10H,1-3H3. The first-order valence-corrected chi connectivity index (χ1v) is 7.95. The zero-order valence-corrected chi connectivity index (χ0v) is 13.5. The highest BCUT2D eigenvalue weighted by molar-refractivity contribution is 7.24. The van der Waals surface area contributed by atoms with Crippen molar-refractivity contribution in [2.24, 2.45) is 0 Å². The van der Waals surface area contributed by atoms with Gasteiger partial charge in [-0.05, 0) is 51.1 Å². The van der Waals surface area contributed by atoms with Crippen molar-refractivity contribution in [3.63, 3.8) is 0 Å². The van der Waals surface area contributed by atoms with Gasteiger partial charge in [0.25, 0.3) is 0 Å². The van der Waals surface area contributed by atoms with Crippen molar-refractivity contribution in [1.29, 1.82) is 0 Å². The highest BCUT2D eigenvalue weighted by Crippen LogP contribution is 2.26. The van der Waals surface area contributed by atoms with E-state index in [2.05, 4.69) is 0 Å². The maximum absolute atomic E-state index is 12.6. The Morgan fingerprint density at radius 3 is 2.55 bits per heavy atom. The predicted octanol–water partition coefficient (Wildman–Crippen LogP) is 4.29. The van der Waals surface area contributed by atoms with Crippen LogP contribution in [0.3, 0.4) is 0 Å². The minimum atomic E-state index is -0.361. The first kappa shape index (κ1) is 14.7. The van der Waals surface area contributed by atoms with Gasteiger partial charge in [-0.25, -0.2) is 4.79 Å². The molecule has 112 valence electrons. The van der Waals surface area contributed by atoms with Crippen molar-refractivity contribution >= 4 is 37.5 Å². The van der Waals surface area contributed by atoms with E-state index < -0.39 is 0 Å². The Morgan fingerprint density at radius 2 is 1.82 bits per heavy atom. The molecule has 2 aromatic carbocycles. The minimum Gasteiger partial charge on any atom is -0.459 e. The number of ether oxygens (including phenoxy) is 1. The summed E-state index contributed by atoms with van der Waals surface area (Å²) in [6.07, 6.45) is -0.165. The highest BCUT2D eigenvalue weighted by atomic mass is 32.1. The van der Waals surface area contributed by atoms with Gasteiger partial charge in [-0.15, -0.1) is 11.3 Å². The quantitative estimate of drug-likeness (QED) is 0.524. The molecule has 0 aliphatic rings. The van der Waals surface area contributed by atoms with Crippen LogP contribution in [0.5, 0.6) is 0 Å². The molecule has 4 heteroatoms. The molecular weight excluding hydrogens is 296 g/mol. The molecule has 0 radical (unpaired) electrons. The van der Waals surface area contributed by atoms with Gasteiger partial charge in [0, 0.05) is 20.2 Å². The van der Waals surface area contributed by atoms with Crippen LogP contribution in [0.25, 0.3) is 20.2 Å². The SMILES string of the molecule is Cc1ccc2sc3cc(C(=O)OC(C)C)ccc3c(=O)c2c1. The first-order chi connectivity index (χ1) is 10.5. The molecule has 0 N–H and O–H groups in total. The van der Waals surface area contributed by atoms with Crippen LogP contribution in [0, 0.1) is 6.92 Å². The van der Waals surface area contributed by atoms with Crippen LogP contribution in [-0.2, 0) is 4.74 Å². The number of hydrogen-bond donors (Lipinski definition) is 0. The third-order valence-corrected chi connectivity index (χ3v) is 4.54. The molecule has 0 aliphatic carbocycles. The third-order valence-electron chi connectivity index (χ3n) is 3.40. The molecular formula is C18H16O3S. The maximum atomic E-state index is 12.6. The van der Waals surface area contributed by atoms with Gasteiger partial charge in [-0.1, -0.05) is 11.6 Å². The minimum absolute atomic E-state index is 0.0104. The van der Waals surface area contributed by atoms with Crippen LogP contribution >= 0.6 is 11.3 Å². The fourth-order valence-electron chi connectivity index (χ4n) is 2.38. The summed E-state index contributed by atoms with van der Waals surface area (Å²) in [5, 5.41) is 1.37. The van der Waals surface area contributed by atoms with Gasteiger partial charge in [0.05, 0.1) is 11.7 Å². The normalized spacial score (nSPS) is 11.3. The summed E-state index contributed by atoms with van der Waals surface area (Å²) >= 11 is 1.52. The van der Waals surface area contributed by atoms with Crippen LogP contribution in [0.1, 0.15) is 29.8 Å². The second-order valence-electron chi connectivity index (χ2n) is 5.60. The molecule has 0 saturated heterocycles. The lowest BCUT2D eigenvalue weighted by Crippen LogP contribution is -2.11. The molecule has 1 heterocycles. The van der Waals surface area contributed by atoms with Crippen molar-refractivity contribution in [2.45, 2.75) is 26.9 Å². The summed E-state index contributed by atoms with van der Waals surface area (Å²) in [6.45, 7) is 5.60. The molecule has 0 saturated carbocycles. The number of carbonyl (C=O) groups is 1. The van der Waals surface area contributed by atoms with E-state index in [9.17, 15) is 9.59 Å². The van der Waals surface area contributed by atoms with Gasteiger partial charge in [-0.3, -0.25) is 4.79 Å². The number of aryl methyl sites for hydroxylation is 1. The first-order valence-electron chi connectivity index (χ1n) is 7.14. The number of benzene rings is 2. The third kappa shape index (κ3) is 2.62. The lowest BCUT2D eigenvalue weighted by Gasteiger charge is -2.08. The molecule has 0 spiro atoms. The molecule has 0 bridgehead atoms. The molecule has 1 aromatic heterocycles. The second-order valence-corrected chi connectivity index (χ2v) is 6.68. The Kier molecular flexibility index (Phi) is 3.71. The van der Waals surface area contributed by atoms with E-state index in [1.807, 2.05) is 39.0 Å². The predicted molar refractivity (Wildman–Crippen MR) is 90.9 cm³/mol. The van der Waals surface area contributed by atoms with Crippen molar-refractivity contribution in [3.05, 3.63) is 57.7 Å². The number of esters is 1. The van der Waals surface area contributed by atoms with Crippen molar-refractivity contribution in [3.8, 4) is 0 Å². The summed E-state index contributed by atoms with van der Waals surface area (Å²) in [5.74, 6) is -0.361. The zero-order valence-electron chi connectivity index (χ0n) is 12.7. The summed E-state index contributed by atoms with van der Waals surface area (Å²) in [7, 11) is 0. The topological polar surface area (TPSA) is 43.4 Å². The second kappa shape index (κ2) is 5.54. The molecule has 0 amide bonds. The average Bonchev–Trinajstić information content (AvgIpc) is 2.47. The average molecular weight is 312 g/mol. The van der Waals surface area contributed by atoms with Crippen molar-refractivity contribution in [2.75, 3.05) is 0 Å². The fraction of sp³-hybridized carbons (Fsp3) is 0.222. The maximum Gasteiger partial charge on any atom is 0.338 e. The van der Waals surface area contributed by atoms with Gasteiger partial charge in [0.1, 0.15) is 0 Å². The Balaban J connectivity index is 2.21. The Labute approximate surface area is 132 Å². The lowest BCUT2D eigenvalue weighted by molar-refractivity contribution is 0.0378. The van der Waals surface area contributed by atoms with Crippen molar-refractivity contribution in [1.82, 2.24) is 0 Å². The molecule has 0 fully saturated rings. The van der Waals surface area contributed by atoms with E-state index in [1.165, 1.54) is 11.3 Å². The highest BCUT2D eigenvalue weighted by Gasteiger charge is 2.12. The van der Waals surface area contributed by atoms with Crippen LogP contribution in [0.15, 0.2) is 41.2 Å². The number of rotatable bonds is 2. The van der Waals surface area contributed by atoms with Gasteiger partial charge < -0.3 is 4.74 Å². The van der Waals surface area contributed by atoms with E-state index >= 15 is 0 Å². The summed E-state index contributed by atoms with van der Waals surface area (Å²) in [5.41, 5.74) is 1.55. The Morgan fingerprint density at radius 1 is 1.05 bits per heavy atom. The molecule has 3 rings (SSSR count). The van der Waals surface area contributed by atoms with E-state index in [0.717, 1.165) is 20.3 Å². The largest absolute Gasteiger partial charge is 0.459 e. The monoisotopic (exact) mass is 312 g/mol. The molecule has 0 atom stereocenters. The lowest BCUT2D eigenvalue weighted by atomic mass is 10.1. The van der Waals surface area contributed by atoms with E-state index in [4.69, 9.17) is 4.74 Å². The summed E-state index contributed by atoms with van der Waals surface area (Å²) < 4.78 is 6.94. The van der Waals surface area contributed by atoms with Gasteiger partial charge in [-0.2, -0.15) is 0 Å². The molecule has 3 aromatic rings. The van der Waals surface area contributed by atoms with Crippen LogP contribution < -0.4 is 5.43 Å². The van der Waals surface area contributed by atoms with E-state index in [0.29, 0.717) is 10.9 Å². The van der Waals surface area contributed by atoms with Crippen LogP contribution in [-0.4, -0.2) is 12.1 Å². The molecule has 22 heavy (non-hydrogen) atoms. The van der Waals surface area contributed by atoms with E-state index in [1.54, 1.807) is 18.2 Å². The zero-order chi connectivity index (χ0) is 15.9. The van der Waals surface area contributed by atoms with Gasteiger partial charge in [0.15, 0.2) is 5.43 Å². The summed E-state index contributed by atoms with van der Waals surface area (Å²) in [4.78, 5) is 24.6. The number of hydrogen-bond acceptors (Lipinski definition) is 4. The molecule has 0 unspecified atom stereocenters. The van der Waals surface area contributed by atoms with Crippen molar-refractivity contribution < 1.29 is 9.53 Å².